The van der Waals surface area contributed by atoms with Crippen LogP contribution in [0.5, 0.6) is 0 Å². The van der Waals surface area contributed by atoms with Gasteiger partial charge in [-0.15, -0.1) is 0 Å². The predicted octanol–water partition coefficient (Wildman–Crippen LogP) is 2.73. The average molecular weight is 286 g/mol. The van der Waals surface area contributed by atoms with Gasteiger partial charge in [-0.1, -0.05) is 13.8 Å². The standard InChI is InChI=1S/C16H22N4O/c1-11(2)10-20-13(4)15(12(3)19-20)8-16(21)18-14-6-5-7-17-9-14/h5-7,9,11H,8,10H2,1-4H3,(H,18,21). The molecule has 0 atom stereocenters. The number of aromatic nitrogens is 3. The number of nitrogens with zero attached hydrogens (tertiary/aromatic N) is 3. The molecule has 0 saturated carbocycles. The van der Waals surface area contributed by atoms with E-state index in [1.807, 2.05) is 24.6 Å². The molecule has 2 rings (SSSR count). The normalized spacial score (nSPS) is 10.9. The molecule has 0 aliphatic carbocycles. The summed E-state index contributed by atoms with van der Waals surface area (Å²) in [6.45, 7) is 9.17. The van der Waals surface area contributed by atoms with Crippen molar-refractivity contribution in [3.63, 3.8) is 0 Å². The number of carbonyl (C=O) groups is 1. The molecule has 0 aromatic carbocycles. The van der Waals surface area contributed by atoms with E-state index in [4.69, 9.17) is 0 Å². The zero-order valence-corrected chi connectivity index (χ0v) is 13.1. The predicted molar refractivity (Wildman–Crippen MR) is 83.1 cm³/mol. The SMILES string of the molecule is Cc1nn(CC(C)C)c(C)c1CC(=O)Nc1cccnc1. The topological polar surface area (TPSA) is 59.8 Å². The lowest BCUT2D eigenvalue weighted by molar-refractivity contribution is -0.115. The Morgan fingerprint density at radius 3 is 2.76 bits per heavy atom. The second-order valence-electron chi connectivity index (χ2n) is 5.69. The molecule has 0 spiro atoms. The number of rotatable bonds is 5. The van der Waals surface area contributed by atoms with E-state index in [0.29, 0.717) is 18.0 Å². The maximum atomic E-state index is 12.1. The van der Waals surface area contributed by atoms with Gasteiger partial charge in [0.25, 0.3) is 0 Å². The van der Waals surface area contributed by atoms with Crippen LogP contribution in [0.4, 0.5) is 5.69 Å². The highest BCUT2D eigenvalue weighted by molar-refractivity contribution is 5.92. The van der Waals surface area contributed by atoms with E-state index in [-0.39, 0.29) is 5.91 Å². The Kier molecular flexibility index (Phi) is 4.73. The van der Waals surface area contributed by atoms with Crippen molar-refractivity contribution in [2.45, 2.75) is 40.7 Å². The molecule has 2 aromatic heterocycles. The Morgan fingerprint density at radius 1 is 1.38 bits per heavy atom. The fraction of sp³-hybridized carbons (Fsp3) is 0.438. The fourth-order valence-corrected chi connectivity index (χ4v) is 2.32. The van der Waals surface area contributed by atoms with Gasteiger partial charge in [0.15, 0.2) is 0 Å². The van der Waals surface area contributed by atoms with Crippen LogP contribution >= 0.6 is 0 Å². The van der Waals surface area contributed by atoms with Crippen molar-refractivity contribution in [1.82, 2.24) is 14.8 Å². The first kappa shape index (κ1) is 15.2. The van der Waals surface area contributed by atoms with Gasteiger partial charge < -0.3 is 5.32 Å². The Bertz CT molecular complexity index is 617. The van der Waals surface area contributed by atoms with E-state index >= 15 is 0 Å². The van der Waals surface area contributed by atoms with Crippen LogP contribution in [0.1, 0.15) is 30.8 Å². The van der Waals surface area contributed by atoms with Gasteiger partial charge in [0.2, 0.25) is 5.91 Å². The summed E-state index contributed by atoms with van der Waals surface area (Å²) in [4.78, 5) is 16.1. The molecule has 0 fully saturated rings. The van der Waals surface area contributed by atoms with E-state index in [9.17, 15) is 4.79 Å². The molecule has 21 heavy (non-hydrogen) atoms. The van der Waals surface area contributed by atoms with E-state index < -0.39 is 0 Å². The number of aryl methyl sites for hydroxylation is 1. The number of nitrogens with one attached hydrogen (secondary N) is 1. The first-order chi connectivity index (χ1) is 9.97. The van der Waals surface area contributed by atoms with Gasteiger partial charge in [0, 0.05) is 24.0 Å². The third-order valence-electron chi connectivity index (χ3n) is 3.35. The van der Waals surface area contributed by atoms with Crippen LogP contribution in [-0.4, -0.2) is 20.7 Å². The van der Waals surface area contributed by atoms with Crippen LogP contribution in [0.2, 0.25) is 0 Å². The number of amides is 1. The molecular weight excluding hydrogens is 264 g/mol. The van der Waals surface area contributed by atoms with Gasteiger partial charge >= 0.3 is 0 Å². The summed E-state index contributed by atoms with van der Waals surface area (Å²) in [5, 5.41) is 7.39. The number of hydrogen-bond acceptors (Lipinski definition) is 3. The largest absolute Gasteiger partial charge is 0.324 e. The van der Waals surface area contributed by atoms with Crippen LogP contribution in [-0.2, 0) is 17.8 Å². The highest BCUT2D eigenvalue weighted by atomic mass is 16.1. The van der Waals surface area contributed by atoms with Crippen LogP contribution in [0.25, 0.3) is 0 Å². The first-order valence-electron chi connectivity index (χ1n) is 7.20. The molecule has 5 nitrogen and oxygen atoms in total. The minimum absolute atomic E-state index is 0.0432. The van der Waals surface area contributed by atoms with E-state index in [1.165, 1.54) is 0 Å². The summed E-state index contributed by atoms with van der Waals surface area (Å²) in [6.07, 6.45) is 3.66. The maximum Gasteiger partial charge on any atom is 0.228 e. The highest BCUT2D eigenvalue weighted by Crippen LogP contribution is 2.16. The van der Waals surface area contributed by atoms with Crippen LogP contribution in [0.3, 0.4) is 0 Å². The molecule has 0 aliphatic heterocycles. The quantitative estimate of drug-likeness (QED) is 0.919. The van der Waals surface area contributed by atoms with Crippen molar-refractivity contribution in [1.29, 1.82) is 0 Å². The highest BCUT2D eigenvalue weighted by Gasteiger charge is 2.15. The number of anilines is 1. The third-order valence-corrected chi connectivity index (χ3v) is 3.35. The smallest absolute Gasteiger partial charge is 0.228 e. The second-order valence-corrected chi connectivity index (χ2v) is 5.69. The lowest BCUT2D eigenvalue weighted by Crippen LogP contribution is -2.15. The first-order valence-corrected chi connectivity index (χ1v) is 7.20. The Morgan fingerprint density at radius 2 is 2.14 bits per heavy atom. The monoisotopic (exact) mass is 286 g/mol. The summed E-state index contributed by atoms with van der Waals surface area (Å²) in [6, 6.07) is 3.62. The lowest BCUT2D eigenvalue weighted by atomic mass is 10.1. The summed E-state index contributed by atoms with van der Waals surface area (Å²) < 4.78 is 1.99. The van der Waals surface area contributed by atoms with Gasteiger partial charge in [0.1, 0.15) is 0 Å². The summed E-state index contributed by atoms with van der Waals surface area (Å²) in [5.41, 5.74) is 3.72. The zero-order chi connectivity index (χ0) is 15.4. The van der Waals surface area contributed by atoms with Gasteiger partial charge in [-0.05, 0) is 31.9 Å². The van der Waals surface area contributed by atoms with Crippen LogP contribution in [0, 0.1) is 19.8 Å². The van der Waals surface area contributed by atoms with Gasteiger partial charge in [-0.3, -0.25) is 14.5 Å². The van der Waals surface area contributed by atoms with Crippen molar-refractivity contribution >= 4 is 11.6 Å². The molecule has 2 heterocycles. The maximum absolute atomic E-state index is 12.1. The van der Waals surface area contributed by atoms with E-state index in [2.05, 4.69) is 29.2 Å². The van der Waals surface area contributed by atoms with Crippen molar-refractivity contribution in [3.05, 3.63) is 41.5 Å². The summed E-state index contributed by atoms with van der Waals surface area (Å²) in [7, 11) is 0. The minimum atomic E-state index is -0.0432. The molecule has 0 saturated heterocycles. The molecule has 1 amide bonds. The number of pyridine rings is 1. The zero-order valence-electron chi connectivity index (χ0n) is 13.1. The van der Waals surface area contributed by atoms with Crippen molar-refractivity contribution in [2.75, 3.05) is 5.32 Å². The van der Waals surface area contributed by atoms with E-state index in [1.54, 1.807) is 18.5 Å². The van der Waals surface area contributed by atoms with Gasteiger partial charge in [-0.2, -0.15) is 5.10 Å². The Hall–Kier alpha value is -2.17. The fourth-order valence-electron chi connectivity index (χ4n) is 2.32. The van der Waals surface area contributed by atoms with Crippen molar-refractivity contribution in [2.24, 2.45) is 5.92 Å². The molecule has 112 valence electrons. The van der Waals surface area contributed by atoms with Gasteiger partial charge in [0.05, 0.1) is 24.0 Å². The molecule has 0 unspecified atom stereocenters. The molecule has 0 aliphatic rings. The molecule has 1 N–H and O–H groups in total. The molecule has 0 bridgehead atoms. The molecule has 2 aromatic rings. The molecule has 0 radical (unpaired) electrons. The minimum Gasteiger partial charge on any atom is -0.324 e. The average Bonchev–Trinajstić information content (AvgIpc) is 2.67. The lowest BCUT2D eigenvalue weighted by Gasteiger charge is -2.08. The molecular formula is C16H22N4O. The third kappa shape index (κ3) is 3.90. The van der Waals surface area contributed by atoms with Crippen LogP contribution in [0.15, 0.2) is 24.5 Å². The van der Waals surface area contributed by atoms with Crippen molar-refractivity contribution < 1.29 is 4.79 Å². The van der Waals surface area contributed by atoms with Gasteiger partial charge in [-0.25, -0.2) is 0 Å². The number of carbonyl (C=O) groups excluding carboxylic acids is 1. The summed E-state index contributed by atoms with van der Waals surface area (Å²) in [5.74, 6) is 0.485. The van der Waals surface area contributed by atoms with E-state index in [0.717, 1.165) is 23.5 Å². The number of hydrogen-bond donors (Lipinski definition) is 1. The van der Waals surface area contributed by atoms with Crippen molar-refractivity contribution in [3.8, 4) is 0 Å². The second kappa shape index (κ2) is 6.52. The van der Waals surface area contributed by atoms with Crippen LogP contribution < -0.4 is 5.32 Å². The Balaban J connectivity index is 2.09. The Labute approximate surface area is 125 Å². The summed E-state index contributed by atoms with van der Waals surface area (Å²) >= 11 is 0. The molecule has 5 heteroatoms.